The SMILES string of the molecule is CCc1ccc(OCC(=O)Nc2ccc(NC(C)=O)cc2C(F)(F)F)cc1. The van der Waals surface area contributed by atoms with Crippen LogP contribution in [-0.4, -0.2) is 18.4 Å². The van der Waals surface area contributed by atoms with Crippen molar-refractivity contribution in [2.24, 2.45) is 0 Å². The van der Waals surface area contributed by atoms with Crippen LogP contribution in [0.5, 0.6) is 5.75 Å². The van der Waals surface area contributed by atoms with Crippen LogP contribution in [-0.2, 0) is 22.2 Å². The Labute approximate surface area is 154 Å². The lowest BCUT2D eigenvalue weighted by Gasteiger charge is -2.16. The highest BCUT2D eigenvalue weighted by Crippen LogP contribution is 2.36. The van der Waals surface area contributed by atoms with Crippen molar-refractivity contribution in [1.29, 1.82) is 0 Å². The molecule has 0 saturated carbocycles. The van der Waals surface area contributed by atoms with E-state index in [0.29, 0.717) is 5.75 Å². The van der Waals surface area contributed by atoms with Crippen molar-refractivity contribution in [3.8, 4) is 5.75 Å². The van der Waals surface area contributed by atoms with E-state index in [4.69, 9.17) is 4.74 Å². The Balaban J connectivity index is 2.07. The van der Waals surface area contributed by atoms with Crippen LogP contribution in [0.4, 0.5) is 24.5 Å². The molecule has 2 rings (SSSR count). The maximum Gasteiger partial charge on any atom is 0.418 e. The second-order valence-corrected chi connectivity index (χ2v) is 5.77. The maximum absolute atomic E-state index is 13.2. The molecule has 0 aliphatic rings. The van der Waals surface area contributed by atoms with Gasteiger partial charge in [0, 0.05) is 12.6 Å². The molecule has 0 bridgehead atoms. The Hall–Kier alpha value is -3.03. The molecule has 0 unspecified atom stereocenters. The fraction of sp³-hybridized carbons (Fsp3) is 0.263. The van der Waals surface area contributed by atoms with Gasteiger partial charge in [0.05, 0.1) is 11.3 Å². The van der Waals surface area contributed by atoms with E-state index < -0.39 is 35.8 Å². The number of rotatable bonds is 6. The van der Waals surface area contributed by atoms with E-state index in [0.717, 1.165) is 24.1 Å². The summed E-state index contributed by atoms with van der Waals surface area (Å²) in [4.78, 5) is 23.0. The fourth-order valence-electron chi connectivity index (χ4n) is 2.33. The first-order chi connectivity index (χ1) is 12.7. The number of halogens is 3. The first-order valence-corrected chi connectivity index (χ1v) is 8.19. The van der Waals surface area contributed by atoms with Crippen molar-refractivity contribution in [1.82, 2.24) is 0 Å². The van der Waals surface area contributed by atoms with Crippen LogP contribution >= 0.6 is 0 Å². The highest BCUT2D eigenvalue weighted by Gasteiger charge is 2.34. The first-order valence-electron chi connectivity index (χ1n) is 8.19. The molecule has 2 N–H and O–H groups in total. The zero-order chi connectivity index (χ0) is 20.0. The van der Waals surface area contributed by atoms with Crippen molar-refractivity contribution in [3.63, 3.8) is 0 Å². The Kier molecular flexibility index (Phi) is 6.44. The molecule has 0 aliphatic heterocycles. The number of carbonyl (C=O) groups is 2. The second kappa shape index (κ2) is 8.57. The number of carbonyl (C=O) groups excluding carboxylic acids is 2. The number of amides is 2. The van der Waals surface area contributed by atoms with Gasteiger partial charge in [0.25, 0.3) is 5.91 Å². The lowest BCUT2D eigenvalue weighted by Crippen LogP contribution is -2.22. The predicted octanol–water partition coefficient (Wildman–Crippen LogP) is 4.24. The van der Waals surface area contributed by atoms with Gasteiger partial charge < -0.3 is 15.4 Å². The third kappa shape index (κ3) is 6.02. The Bertz CT molecular complexity index is 818. The molecule has 0 aliphatic carbocycles. The number of hydrogen-bond donors (Lipinski definition) is 2. The number of aryl methyl sites for hydroxylation is 1. The monoisotopic (exact) mass is 380 g/mol. The van der Waals surface area contributed by atoms with Crippen molar-refractivity contribution in [2.45, 2.75) is 26.4 Å². The van der Waals surface area contributed by atoms with Gasteiger partial charge in [-0.05, 0) is 42.3 Å². The topological polar surface area (TPSA) is 67.4 Å². The molecule has 144 valence electrons. The van der Waals surface area contributed by atoms with Gasteiger partial charge in [0.15, 0.2) is 6.61 Å². The summed E-state index contributed by atoms with van der Waals surface area (Å²) in [5, 5.41) is 4.47. The predicted molar refractivity (Wildman–Crippen MR) is 95.7 cm³/mol. The number of alkyl halides is 3. The van der Waals surface area contributed by atoms with E-state index >= 15 is 0 Å². The van der Waals surface area contributed by atoms with Crippen molar-refractivity contribution >= 4 is 23.2 Å². The van der Waals surface area contributed by atoms with Crippen molar-refractivity contribution in [3.05, 3.63) is 53.6 Å². The number of anilines is 2. The van der Waals surface area contributed by atoms with Gasteiger partial charge >= 0.3 is 6.18 Å². The molecule has 0 aromatic heterocycles. The van der Waals surface area contributed by atoms with Crippen LogP contribution in [0.1, 0.15) is 25.0 Å². The summed E-state index contributed by atoms with van der Waals surface area (Å²) in [5.74, 6) is -0.783. The molecule has 2 aromatic carbocycles. The molecule has 2 aromatic rings. The molecule has 0 atom stereocenters. The van der Waals surface area contributed by atoms with Crippen LogP contribution in [0.3, 0.4) is 0 Å². The van der Waals surface area contributed by atoms with E-state index in [9.17, 15) is 22.8 Å². The summed E-state index contributed by atoms with van der Waals surface area (Å²) in [6, 6.07) is 10.2. The van der Waals surface area contributed by atoms with E-state index in [1.54, 1.807) is 12.1 Å². The molecule has 5 nitrogen and oxygen atoms in total. The summed E-state index contributed by atoms with van der Waals surface area (Å²) < 4.78 is 45.0. The van der Waals surface area contributed by atoms with Gasteiger partial charge in [-0.2, -0.15) is 13.2 Å². The zero-order valence-electron chi connectivity index (χ0n) is 14.8. The number of ether oxygens (including phenoxy) is 1. The van der Waals surface area contributed by atoms with Gasteiger partial charge in [-0.3, -0.25) is 9.59 Å². The molecule has 0 spiro atoms. The lowest BCUT2D eigenvalue weighted by molar-refractivity contribution is -0.137. The summed E-state index contributed by atoms with van der Waals surface area (Å²) in [5.41, 5.74) is -0.387. The van der Waals surface area contributed by atoms with Gasteiger partial charge in [0.1, 0.15) is 5.75 Å². The molecule has 2 amide bonds. The van der Waals surface area contributed by atoms with Gasteiger partial charge in [-0.1, -0.05) is 19.1 Å². The normalized spacial score (nSPS) is 11.0. The Morgan fingerprint density at radius 1 is 1.04 bits per heavy atom. The van der Waals surface area contributed by atoms with Crippen LogP contribution in [0.2, 0.25) is 0 Å². The highest BCUT2D eigenvalue weighted by molar-refractivity contribution is 5.94. The van der Waals surface area contributed by atoms with Crippen molar-refractivity contribution < 1.29 is 27.5 Å². The number of benzene rings is 2. The first kappa shape index (κ1) is 20.3. The maximum atomic E-state index is 13.2. The third-order valence-electron chi connectivity index (χ3n) is 3.62. The van der Waals surface area contributed by atoms with Crippen LogP contribution in [0, 0.1) is 0 Å². The average molecular weight is 380 g/mol. The summed E-state index contributed by atoms with van der Waals surface area (Å²) >= 11 is 0. The van der Waals surface area contributed by atoms with E-state index in [2.05, 4.69) is 10.6 Å². The minimum atomic E-state index is -4.70. The lowest BCUT2D eigenvalue weighted by atomic mass is 10.1. The molecular formula is C19H19F3N2O3. The smallest absolute Gasteiger partial charge is 0.418 e. The standard InChI is InChI=1S/C19H19F3N2O3/c1-3-13-4-7-15(8-5-13)27-11-18(26)24-17-9-6-14(23-12(2)25)10-16(17)19(20,21)22/h4-10H,3,11H2,1-2H3,(H,23,25)(H,24,26). The van der Waals surface area contributed by atoms with Gasteiger partial charge in [0.2, 0.25) is 5.91 Å². The molecule has 8 heteroatoms. The number of nitrogens with one attached hydrogen (secondary N) is 2. The number of hydrogen-bond acceptors (Lipinski definition) is 3. The Morgan fingerprint density at radius 2 is 1.70 bits per heavy atom. The molecule has 0 saturated heterocycles. The molecular weight excluding hydrogens is 361 g/mol. The van der Waals surface area contributed by atoms with Crippen molar-refractivity contribution in [2.75, 3.05) is 17.2 Å². The largest absolute Gasteiger partial charge is 0.484 e. The fourth-order valence-corrected chi connectivity index (χ4v) is 2.33. The molecule has 27 heavy (non-hydrogen) atoms. The van der Waals surface area contributed by atoms with E-state index in [-0.39, 0.29) is 5.69 Å². The second-order valence-electron chi connectivity index (χ2n) is 5.77. The summed E-state index contributed by atoms with van der Waals surface area (Å²) in [6.45, 7) is 2.75. The van der Waals surface area contributed by atoms with E-state index in [1.807, 2.05) is 19.1 Å². The Morgan fingerprint density at radius 3 is 2.26 bits per heavy atom. The minimum Gasteiger partial charge on any atom is -0.484 e. The van der Waals surface area contributed by atoms with Crippen LogP contribution < -0.4 is 15.4 Å². The highest BCUT2D eigenvalue weighted by atomic mass is 19.4. The molecule has 0 heterocycles. The average Bonchev–Trinajstić information content (AvgIpc) is 2.60. The molecule has 0 fully saturated rings. The van der Waals surface area contributed by atoms with Crippen LogP contribution in [0.15, 0.2) is 42.5 Å². The molecule has 0 radical (unpaired) electrons. The third-order valence-corrected chi connectivity index (χ3v) is 3.62. The minimum absolute atomic E-state index is 0.0138. The van der Waals surface area contributed by atoms with Crippen LogP contribution in [0.25, 0.3) is 0 Å². The summed E-state index contributed by atoms with van der Waals surface area (Å²) in [7, 11) is 0. The summed E-state index contributed by atoms with van der Waals surface area (Å²) in [6.07, 6.45) is -3.84. The van der Waals surface area contributed by atoms with Gasteiger partial charge in [-0.25, -0.2) is 0 Å². The van der Waals surface area contributed by atoms with E-state index in [1.165, 1.54) is 13.0 Å². The quantitative estimate of drug-likeness (QED) is 0.788. The van der Waals surface area contributed by atoms with Gasteiger partial charge in [-0.15, -0.1) is 0 Å². The zero-order valence-corrected chi connectivity index (χ0v) is 14.8.